The number of nitrogen functional groups attached to an aromatic ring is 1. The van der Waals surface area contributed by atoms with E-state index in [2.05, 4.69) is 9.97 Å². The molecule has 1 amide bonds. The first-order valence-electron chi connectivity index (χ1n) is 7.13. The van der Waals surface area contributed by atoms with Gasteiger partial charge in [-0.3, -0.25) is 4.79 Å². The summed E-state index contributed by atoms with van der Waals surface area (Å²) in [6.45, 7) is 0.307. The lowest BCUT2D eigenvalue weighted by atomic mass is 10.2. The number of aliphatic hydroxyl groups is 1. The third-order valence-electron chi connectivity index (χ3n) is 3.92. The Bertz CT molecular complexity index is 651. The molecule has 0 bridgehead atoms. The van der Waals surface area contributed by atoms with Crippen molar-refractivity contribution in [2.24, 2.45) is 0 Å². The van der Waals surface area contributed by atoms with Gasteiger partial charge in [-0.25, -0.2) is 9.97 Å². The fourth-order valence-electron chi connectivity index (χ4n) is 2.91. The Hall–Kier alpha value is -1.73. The van der Waals surface area contributed by atoms with Gasteiger partial charge in [-0.2, -0.15) is 0 Å². The average molecular weight is 306 g/mol. The van der Waals surface area contributed by atoms with Gasteiger partial charge in [-0.15, -0.1) is 11.3 Å². The minimum Gasteiger partial charge on any atom is -0.396 e. The van der Waals surface area contributed by atoms with Gasteiger partial charge in [0.2, 0.25) is 0 Å². The van der Waals surface area contributed by atoms with Crippen molar-refractivity contribution >= 4 is 33.3 Å². The zero-order valence-corrected chi connectivity index (χ0v) is 12.5. The van der Waals surface area contributed by atoms with Crippen LogP contribution in [0.3, 0.4) is 0 Å². The van der Waals surface area contributed by atoms with Crippen LogP contribution in [0.5, 0.6) is 0 Å². The SMILES string of the molecule is Nc1c(C(=O)N(CCO)C2CCCC2)sc2nccnc12. The zero-order valence-electron chi connectivity index (χ0n) is 11.7. The smallest absolute Gasteiger partial charge is 0.266 e. The molecule has 0 unspecified atom stereocenters. The van der Waals surface area contributed by atoms with Gasteiger partial charge in [0.25, 0.3) is 5.91 Å². The molecule has 1 saturated carbocycles. The average Bonchev–Trinajstić information content (AvgIpc) is 3.13. The molecule has 0 radical (unpaired) electrons. The van der Waals surface area contributed by atoms with E-state index < -0.39 is 0 Å². The van der Waals surface area contributed by atoms with E-state index in [4.69, 9.17) is 5.73 Å². The molecule has 6 nitrogen and oxygen atoms in total. The minimum atomic E-state index is -0.113. The summed E-state index contributed by atoms with van der Waals surface area (Å²) in [5, 5.41) is 9.26. The van der Waals surface area contributed by atoms with E-state index in [9.17, 15) is 9.90 Å². The summed E-state index contributed by atoms with van der Waals surface area (Å²) in [5.74, 6) is -0.113. The molecule has 0 saturated heterocycles. The van der Waals surface area contributed by atoms with Crippen LogP contribution in [0.1, 0.15) is 35.4 Å². The van der Waals surface area contributed by atoms with Gasteiger partial charge in [0.15, 0.2) is 0 Å². The maximum absolute atomic E-state index is 12.8. The van der Waals surface area contributed by atoms with Gasteiger partial charge in [0.05, 0.1) is 12.3 Å². The number of anilines is 1. The van der Waals surface area contributed by atoms with Crippen molar-refractivity contribution < 1.29 is 9.90 Å². The van der Waals surface area contributed by atoms with Gasteiger partial charge < -0.3 is 15.7 Å². The largest absolute Gasteiger partial charge is 0.396 e. The Labute approximate surface area is 126 Å². The van der Waals surface area contributed by atoms with Crippen LogP contribution in [0, 0.1) is 0 Å². The second-order valence-electron chi connectivity index (χ2n) is 5.22. The van der Waals surface area contributed by atoms with Crippen molar-refractivity contribution in [1.82, 2.24) is 14.9 Å². The highest BCUT2D eigenvalue weighted by Crippen LogP contribution is 2.33. The summed E-state index contributed by atoms with van der Waals surface area (Å²) in [6, 6.07) is 0.204. The molecule has 3 N–H and O–H groups in total. The summed E-state index contributed by atoms with van der Waals surface area (Å²) in [6.07, 6.45) is 7.41. The maximum atomic E-state index is 12.8. The van der Waals surface area contributed by atoms with E-state index in [-0.39, 0.29) is 18.6 Å². The van der Waals surface area contributed by atoms with Crippen LogP contribution in [-0.4, -0.2) is 45.1 Å². The Morgan fingerprint density at radius 3 is 2.76 bits per heavy atom. The second kappa shape index (κ2) is 5.95. The van der Waals surface area contributed by atoms with Crippen molar-refractivity contribution in [3.63, 3.8) is 0 Å². The number of rotatable bonds is 4. The Kier molecular flexibility index (Phi) is 4.03. The first-order chi connectivity index (χ1) is 10.2. The molecule has 3 rings (SSSR count). The molecule has 0 aliphatic heterocycles. The maximum Gasteiger partial charge on any atom is 0.266 e. The first kappa shape index (κ1) is 14.2. The van der Waals surface area contributed by atoms with E-state index in [0.29, 0.717) is 27.5 Å². The number of thiophene rings is 1. The molecule has 21 heavy (non-hydrogen) atoms. The van der Waals surface area contributed by atoms with Gasteiger partial charge >= 0.3 is 0 Å². The normalized spacial score (nSPS) is 15.7. The number of fused-ring (bicyclic) bond motifs is 1. The van der Waals surface area contributed by atoms with Crippen molar-refractivity contribution in [2.75, 3.05) is 18.9 Å². The monoisotopic (exact) mass is 306 g/mol. The molecule has 1 fully saturated rings. The van der Waals surface area contributed by atoms with Crippen molar-refractivity contribution in [3.05, 3.63) is 17.3 Å². The lowest BCUT2D eigenvalue weighted by Crippen LogP contribution is -2.40. The molecular weight excluding hydrogens is 288 g/mol. The predicted octanol–water partition coefficient (Wildman–Crippen LogP) is 1.65. The van der Waals surface area contributed by atoms with Crippen LogP contribution in [0.2, 0.25) is 0 Å². The van der Waals surface area contributed by atoms with Gasteiger partial charge in [0.1, 0.15) is 15.2 Å². The van der Waals surface area contributed by atoms with Gasteiger partial charge in [-0.05, 0) is 12.8 Å². The second-order valence-corrected chi connectivity index (χ2v) is 6.21. The van der Waals surface area contributed by atoms with Crippen molar-refractivity contribution in [3.8, 4) is 0 Å². The highest BCUT2D eigenvalue weighted by atomic mass is 32.1. The third kappa shape index (κ3) is 2.58. The number of amides is 1. The third-order valence-corrected chi connectivity index (χ3v) is 5.02. The molecule has 7 heteroatoms. The number of carbonyl (C=O) groups is 1. The fraction of sp³-hybridized carbons (Fsp3) is 0.500. The van der Waals surface area contributed by atoms with Crippen molar-refractivity contribution in [2.45, 2.75) is 31.7 Å². The minimum absolute atomic E-state index is 0.0382. The molecule has 0 atom stereocenters. The molecule has 1 aliphatic carbocycles. The molecule has 2 aromatic rings. The topological polar surface area (TPSA) is 92.3 Å². The summed E-state index contributed by atoms with van der Waals surface area (Å²) < 4.78 is 0. The summed E-state index contributed by atoms with van der Waals surface area (Å²) in [5.41, 5.74) is 7.05. The summed E-state index contributed by atoms with van der Waals surface area (Å²) in [4.78, 5) is 24.1. The van der Waals surface area contributed by atoms with Crippen LogP contribution in [0.4, 0.5) is 5.69 Å². The molecule has 1 aliphatic rings. The number of hydrogen-bond acceptors (Lipinski definition) is 6. The fourth-order valence-corrected chi connectivity index (χ4v) is 3.88. The first-order valence-corrected chi connectivity index (χ1v) is 7.95. The number of carbonyl (C=O) groups excluding carboxylic acids is 1. The van der Waals surface area contributed by atoms with Crippen molar-refractivity contribution in [1.29, 1.82) is 0 Å². The number of hydrogen-bond donors (Lipinski definition) is 2. The molecule has 2 heterocycles. The Balaban J connectivity index is 1.95. The number of nitrogens with two attached hydrogens (primary N) is 1. The Morgan fingerprint density at radius 1 is 1.38 bits per heavy atom. The van der Waals surface area contributed by atoms with Gasteiger partial charge in [0, 0.05) is 25.0 Å². The highest BCUT2D eigenvalue weighted by molar-refractivity contribution is 7.21. The van der Waals surface area contributed by atoms with Crippen LogP contribution < -0.4 is 5.73 Å². The van der Waals surface area contributed by atoms with Gasteiger partial charge in [-0.1, -0.05) is 12.8 Å². The van der Waals surface area contributed by atoms with E-state index in [0.717, 1.165) is 25.7 Å². The molecule has 0 aromatic carbocycles. The molecular formula is C14H18N4O2S. The zero-order chi connectivity index (χ0) is 14.8. The highest BCUT2D eigenvalue weighted by Gasteiger charge is 2.30. The standard InChI is InChI=1S/C14H18N4O2S/c15-10-11-13(17-6-5-16-11)21-12(10)14(20)18(7-8-19)9-3-1-2-4-9/h5-6,9,19H,1-4,7-8,15H2. The molecule has 0 spiro atoms. The quantitative estimate of drug-likeness (QED) is 0.896. The van der Waals surface area contributed by atoms with E-state index in [1.807, 2.05) is 0 Å². The van der Waals surface area contributed by atoms with E-state index in [1.54, 1.807) is 17.3 Å². The van der Waals surface area contributed by atoms with E-state index >= 15 is 0 Å². The predicted molar refractivity (Wildman–Crippen MR) is 82.2 cm³/mol. The molecule has 112 valence electrons. The van der Waals surface area contributed by atoms with Crippen LogP contribution in [0.15, 0.2) is 12.4 Å². The number of nitrogens with zero attached hydrogens (tertiary/aromatic N) is 3. The summed E-state index contributed by atoms with van der Waals surface area (Å²) >= 11 is 1.27. The lowest BCUT2D eigenvalue weighted by Gasteiger charge is -2.28. The van der Waals surface area contributed by atoms with Crippen LogP contribution >= 0.6 is 11.3 Å². The number of aliphatic hydroxyl groups excluding tert-OH is 1. The molecule has 2 aromatic heterocycles. The Morgan fingerprint density at radius 2 is 2.10 bits per heavy atom. The van der Waals surface area contributed by atoms with E-state index in [1.165, 1.54) is 11.3 Å². The summed E-state index contributed by atoms with van der Waals surface area (Å²) in [7, 11) is 0. The number of aromatic nitrogens is 2. The lowest BCUT2D eigenvalue weighted by molar-refractivity contribution is 0.0644. The van der Waals surface area contributed by atoms with Crippen LogP contribution in [0.25, 0.3) is 10.3 Å². The van der Waals surface area contributed by atoms with Crippen LogP contribution in [-0.2, 0) is 0 Å².